The summed E-state index contributed by atoms with van der Waals surface area (Å²) in [6.07, 6.45) is 4.03. The van der Waals surface area contributed by atoms with Gasteiger partial charge in [-0.05, 0) is 23.6 Å². The highest BCUT2D eigenvalue weighted by Crippen LogP contribution is 2.40. The Balaban J connectivity index is 1.70. The van der Waals surface area contributed by atoms with Crippen molar-refractivity contribution in [3.63, 3.8) is 0 Å². The summed E-state index contributed by atoms with van der Waals surface area (Å²) in [5.41, 5.74) is 1.86. The summed E-state index contributed by atoms with van der Waals surface area (Å²) in [4.78, 5) is 14.3. The van der Waals surface area contributed by atoms with Crippen LogP contribution in [-0.4, -0.2) is 42.2 Å². The van der Waals surface area contributed by atoms with Crippen molar-refractivity contribution < 1.29 is 19.0 Å². The van der Waals surface area contributed by atoms with Crippen LogP contribution in [0.1, 0.15) is 23.6 Å². The van der Waals surface area contributed by atoms with Crippen LogP contribution in [0.3, 0.4) is 0 Å². The first-order valence-corrected chi connectivity index (χ1v) is 9.62. The first kappa shape index (κ1) is 21.2. The smallest absolute Gasteiger partial charge is 0.220 e. The lowest BCUT2D eigenvalue weighted by atomic mass is 10.0. The normalized spacial score (nSPS) is 11.6. The highest BCUT2D eigenvalue weighted by Gasteiger charge is 2.19. The molecule has 0 saturated heterocycles. The first-order valence-electron chi connectivity index (χ1n) is 9.62. The molecule has 1 amide bonds. The second-order valence-electron chi connectivity index (χ2n) is 6.61. The van der Waals surface area contributed by atoms with Gasteiger partial charge in [-0.15, -0.1) is 0 Å². The second kappa shape index (κ2) is 10.3. The van der Waals surface area contributed by atoms with Crippen molar-refractivity contribution >= 4 is 5.91 Å². The molecule has 0 aliphatic rings. The molecule has 0 radical (unpaired) electrons. The van der Waals surface area contributed by atoms with E-state index >= 15 is 0 Å². The number of benzene rings is 2. The number of hydrogen-bond acceptors (Lipinski definition) is 6. The molecule has 1 unspecified atom stereocenters. The minimum Gasteiger partial charge on any atom is -0.493 e. The van der Waals surface area contributed by atoms with E-state index in [1.54, 1.807) is 38.5 Å². The van der Waals surface area contributed by atoms with E-state index in [-0.39, 0.29) is 11.9 Å². The number of rotatable bonds is 10. The molecule has 158 valence electrons. The van der Waals surface area contributed by atoms with Crippen LogP contribution in [0, 0.1) is 0 Å². The largest absolute Gasteiger partial charge is 0.493 e. The Labute approximate surface area is 175 Å². The second-order valence-corrected chi connectivity index (χ2v) is 6.61. The van der Waals surface area contributed by atoms with E-state index in [0.717, 1.165) is 11.1 Å². The van der Waals surface area contributed by atoms with E-state index in [9.17, 15) is 4.79 Å². The third kappa shape index (κ3) is 5.08. The Kier molecular flexibility index (Phi) is 7.26. The molecular weight excluding hydrogens is 384 g/mol. The average Bonchev–Trinajstić information content (AvgIpc) is 3.30. The Morgan fingerprint density at radius 1 is 0.967 bits per heavy atom. The Morgan fingerprint density at radius 3 is 2.30 bits per heavy atom. The molecular formula is C22H26N4O4. The molecule has 1 atom stereocenters. The molecule has 1 heterocycles. The van der Waals surface area contributed by atoms with Gasteiger partial charge in [0.05, 0.1) is 46.3 Å². The highest BCUT2D eigenvalue weighted by molar-refractivity contribution is 5.77. The van der Waals surface area contributed by atoms with Crippen molar-refractivity contribution in [1.29, 1.82) is 0 Å². The number of methoxy groups -OCH3 is 3. The monoisotopic (exact) mass is 410 g/mol. The molecule has 1 aromatic heterocycles. The number of aryl methyl sites for hydroxylation is 1. The maximum atomic E-state index is 12.7. The van der Waals surface area contributed by atoms with Crippen molar-refractivity contribution in [2.75, 3.05) is 21.3 Å². The van der Waals surface area contributed by atoms with Crippen molar-refractivity contribution in [1.82, 2.24) is 20.3 Å². The third-order valence-electron chi connectivity index (χ3n) is 4.76. The fraction of sp³-hybridized carbons (Fsp3) is 0.318. The zero-order valence-electron chi connectivity index (χ0n) is 17.4. The Hall–Kier alpha value is -3.55. The van der Waals surface area contributed by atoms with Crippen LogP contribution >= 0.6 is 0 Å². The van der Waals surface area contributed by atoms with Crippen molar-refractivity contribution in [2.45, 2.75) is 25.4 Å². The van der Waals surface area contributed by atoms with E-state index in [4.69, 9.17) is 14.2 Å². The number of aromatic nitrogens is 3. The molecule has 8 heteroatoms. The van der Waals surface area contributed by atoms with Crippen LogP contribution in [0.5, 0.6) is 17.2 Å². The molecule has 0 saturated carbocycles. The number of nitrogens with zero attached hydrogens (tertiary/aromatic N) is 3. The van der Waals surface area contributed by atoms with E-state index < -0.39 is 0 Å². The summed E-state index contributed by atoms with van der Waals surface area (Å²) in [6, 6.07) is 13.2. The van der Waals surface area contributed by atoms with Gasteiger partial charge in [0, 0.05) is 6.42 Å². The molecule has 2 aromatic carbocycles. The number of ether oxygens (including phenoxy) is 3. The molecule has 0 fully saturated rings. The lowest BCUT2D eigenvalue weighted by Gasteiger charge is -2.19. The Bertz CT molecular complexity index is 945. The molecule has 3 aromatic rings. The number of nitrogens with one attached hydrogen (secondary N) is 1. The molecule has 30 heavy (non-hydrogen) atoms. The number of carbonyl (C=O) groups excluding carboxylic acids is 1. The van der Waals surface area contributed by atoms with Crippen LogP contribution in [0.15, 0.2) is 54.9 Å². The summed E-state index contributed by atoms with van der Waals surface area (Å²) in [7, 11) is 4.70. The van der Waals surface area contributed by atoms with Crippen molar-refractivity contribution in [2.24, 2.45) is 0 Å². The minimum atomic E-state index is -0.238. The number of carbonyl (C=O) groups is 1. The fourth-order valence-corrected chi connectivity index (χ4v) is 3.30. The number of amides is 1. The quantitative estimate of drug-likeness (QED) is 0.553. The van der Waals surface area contributed by atoms with Crippen LogP contribution in [-0.2, 0) is 17.8 Å². The van der Waals surface area contributed by atoms with Crippen LogP contribution < -0.4 is 19.5 Å². The Morgan fingerprint density at radius 2 is 1.67 bits per heavy atom. The molecule has 0 aliphatic carbocycles. The molecule has 8 nitrogen and oxygen atoms in total. The zero-order valence-corrected chi connectivity index (χ0v) is 17.4. The van der Waals surface area contributed by atoms with Crippen LogP contribution in [0.4, 0.5) is 0 Å². The van der Waals surface area contributed by atoms with E-state index in [0.29, 0.717) is 36.6 Å². The number of hydrogen-bond donors (Lipinski definition) is 1. The average molecular weight is 410 g/mol. The summed E-state index contributed by atoms with van der Waals surface area (Å²) in [6.45, 7) is 0.447. The van der Waals surface area contributed by atoms with Gasteiger partial charge in [0.25, 0.3) is 0 Å². The standard InChI is InChI=1S/C22H26N4O4/c1-28-19-11-9-17(21(29-2)22(19)30-3)10-12-20(27)25-18(15-26-23-13-14-24-26)16-7-5-4-6-8-16/h4-9,11,13-14,18H,10,12,15H2,1-3H3,(H,25,27). The lowest BCUT2D eigenvalue weighted by Crippen LogP contribution is -2.32. The minimum absolute atomic E-state index is 0.0761. The van der Waals surface area contributed by atoms with Crippen LogP contribution in [0.25, 0.3) is 0 Å². The van der Waals surface area contributed by atoms with Gasteiger partial charge in [0.2, 0.25) is 11.7 Å². The van der Waals surface area contributed by atoms with E-state index in [2.05, 4.69) is 15.5 Å². The summed E-state index contributed by atoms with van der Waals surface area (Å²) >= 11 is 0. The predicted octanol–water partition coefficient (Wildman–Crippen LogP) is 2.79. The van der Waals surface area contributed by atoms with E-state index in [1.807, 2.05) is 42.5 Å². The van der Waals surface area contributed by atoms with E-state index in [1.165, 1.54) is 0 Å². The molecule has 0 spiro atoms. The maximum Gasteiger partial charge on any atom is 0.220 e. The van der Waals surface area contributed by atoms with Crippen molar-refractivity contribution in [3.8, 4) is 17.2 Å². The molecule has 0 aliphatic heterocycles. The SMILES string of the molecule is COc1ccc(CCC(=O)NC(Cn2nccn2)c2ccccc2)c(OC)c1OC. The molecule has 3 rings (SSSR count). The summed E-state index contributed by atoms with van der Waals surface area (Å²) < 4.78 is 16.2. The zero-order chi connectivity index (χ0) is 21.3. The van der Waals surface area contributed by atoms with Gasteiger partial charge in [-0.2, -0.15) is 15.0 Å². The van der Waals surface area contributed by atoms with Gasteiger partial charge in [-0.3, -0.25) is 4.79 Å². The van der Waals surface area contributed by atoms with Gasteiger partial charge in [-0.25, -0.2) is 0 Å². The van der Waals surface area contributed by atoms with Gasteiger partial charge in [0.15, 0.2) is 11.5 Å². The molecule has 1 N–H and O–H groups in total. The van der Waals surface area contributed by atoms with Gasteiger partial charge < -0.3 is 19.5 Å². The third-order valence-corrected chi connectivity index (χ3v) is 4.76. The summed E-state index contributed by atoms with van der Waals surface area (Å²) in [5.74, 6) is 1.60. The van der Waals surface area contributed by atoms with Gasteiger partial charge in [-0.1, -0.05) is 36.4 Å². The summed E-state index contributed by atoms with van der Waals surface area (Å²) in [5, 5.41) is 11.4. The topological polar surface area (TPSA) is 87.5 Å². The highest BCUT2D eigenvalue weighted by atomic mass is 16.5. The van der Waals surface area contributed by atoms with Crippen molar-refractivity contribution in [3.05, 3.63) is 66.0 Å². The van der Waals surface area contributed by atoms with Crippen LogP contribution in [0.2, 0.25) is 0 Å². The van der Waals surface area contributed by atoms with Gasteiger partial charge >= 0.3 is 0 Å². The maximum absolute atomic E-state index is 12.7. The van der Waals surface area contributed by atoms with Gasteiger partial charge in [0.1, 0.15) is 0 Å². The lowest BCUT2D eigenvalue weighted by molar-refractivity contribution is -0.121. The first-order chi connectivity index (χ1) is 14.7. The molecule has 0 bridgehead atoms. The predicted molar refractivity (Wildman–Crippen MR) is 112 cm³/mol. The fourth-order valence-electron chi connectivity index (χ4n) is 3.30.